The van der Waals surface area contributed by atoms with Crippen molar-refractivity contribution in [3.63, 3.8) is 0 Å². The smallest absolute Gasteiger partial charge is 0.174 e. The van der Waals surface area contributed by atoms with Gasteiger partial charge in [-0.3, -0.25) is 0 Å². The van der Waals surface area contributed by atoms with Gasteiger partial charge in [-0.15, -0.1) is 0 Å². The molecule has 0 unspecified atom stereocenters. The molecule has 0 aliphatic heterocycles. The number of nitrogens with two attached hydrogens (primary N) is 1. The number of benzene rings is 1. The van der Waals surface area contributed by atoms with Crippen molar-refractivity contribution in [1.82, 2.24) is 5.16 Å². The molecule has 0 aliphatic rings. The molecular weight excluding hydrogens is 204 g/mol. The zero-order chi connectivity index (χ0) is 11.4. The van der Waals surface area contributed by atoms with Crippen LogP contribution in [0.15, 0.2) is 35.0 Å². The van der Waals surface area contributed by atoms with Crippen molar-refractivity contribution in [3.8, 4) is 5.75 Å². The number of ether oxygens (including phenoxy) is 1. The van der Waals surface area contributed by atoms with E-state index in [1.807, 2.05) is 25.1 Å². The van der Waals surface area contributed by atoms with Crippen LogP contribution in [0.2, 0.25) is 0 Å². The minimum absolute atomic E-state index is 0.371. The summed E-state index contributed by atoms with van der Waals surface area (Å²) in [6.07, 6.45) is 1.59. The van der Waals surface area contributed by atoms with Crippen LogP contribution in [0.25, 0.3) is 0 Å². The van der Waals surface area contributed by atoms with Crippen molar-refractivity contribution >= 4 is 0 Å². The van der Waals surface area contributed by atoms with Gasteiger partial charge in [0, 0.05) is 18.2 Å². The van der Waals surface area contributed by atoms with Crippen LogP contribution in [0.1, 0.15) is 16.9 Å². The van der Waals surface area contributed by atoms with Crippen LogP contribution >= 0.6 is 0 Å². The molecule has 1 aromatic carbocycles. The van der Waals surface area contributed by atoms with E-state index >= 15 is 0 Å². The van der Waals surface area contributed by atoms with Gasteiger partial charge in [0.15, 0.2) is 5.76 Å². The lowest BCUT2D eigenvalue weighted by molar-refractivity contribution is 0.247. The maximum absolute atomic E-state index is 5.65. The SMILES string of the molecule is Cc1ccc(OCc2ccno2)c(CN)c1. The van der Waals surface area contributed by atoms with E-state index in [0.29, 0.717) is 18.9 Å². The number of rotatable bonds is 4. The second-order valence-corrected chi connectivity index (χ2v) is 3.58. The fourth-order valence-corrected chi connectivity index (χ4v) is 1.47. The number of nitrogens with zero attached hydrogens (tertiary/aromatic N) is 1. The molecule has 2 rings (SSSR count). The molecule has 0 bridgehead atoms. The molecule has 4 heteroatoms. The molecule has 2 aromatic rings. The molecule has 1 heterocycles. The van der Waals surface area contributed by atoms with E-state index in [2.05, 4.69) is 5.16 Å². The van der Waals surface area contributed by atoms with E-state index < -0.39 is 0 Å². The van der Waals surface area contributed by atoms with Gasteiger partial charge in [-0.25, -0.2) is 0 Å². The van der Waals surface area contributed by atoms with Gasteiger partial charge >= 0.3 is 0 Å². The predicted molar refractivity (Wildman–Crippen MR) is 59.9 cm³/mol. The lowest BCUT2D eigenvalue weighted by Gasteiger charge is -2.09. The highest BCUT2D eigenvalue weighted by Crippen LogP contribution is 2.20. The van der Waals surface area contributed by atoms with Crippen molar-refractivity contribution < 1.29 is 9.26 Å². The molecule has 0 atom stereocenters. The van der Waals surface area contributed by atoms with E-state index in [4.69, 9.17) is 15.0 Å². The standard InChI is InChI=1S/C12H14N2O2/c1-9-2-3-12(10(6-9)7-13)15-8-11-4-5-14-16-11/h2-6H,7-8,13H2,1H3. The van der Waals surface area contributed by atoms with Gasteiger partial charge in [0.1, 0.15) is 12.4 Å². The maximum Gasteiger partial charge on any atom is 0.174 e. The third-order valence-corrected chi connectivity index (χ3v) is 2.30. The van der Waals surface area contributed by atoms with E-state index in [-0.39, 0.29) is 0 Å². The molecule has 84 valence electrons. The molecule has 0 saturated heterocycles. The van der Waals surface area contributed by atoms with Crippen molar-refractivity contribution in [2.45, 2.75) is 20.1 Å². The zero-order valence-electron chi connectivity index (χ0n) is 9.14. The third-order valence-electron chi connectivity index (χ3n) is 2.30. The maximum atomic E-state index is 5.65. The van der Waals surface area contributed by atoms with Crippen LogP contribution < -0.4 is 10.5 Å². The Hall–Kier alpha value is -1.81. The van der Waals surface area contributed by atoms with E-state index in [1.165, 1.54) is 5.56 Å². The van der Waals surface area contributed by atoms with Gasteiger partial charge in [0.2, 0.25) is 0 Å². The monoisotopic (exact) mass is 218 g/mol. The first-order valence-electron chi connectivity index (χ1n) is 5.11. The van der Waals surface area contributed by atoms with Crippen molar-refractivity contribution in [2.75, 3.05) is 0 Å². The fourth-order valence-electron chi connectivity index (χ4n) is 1.47. The average molecular weight is 218 g/mol. The van der Waals surface area contributed by atoms with Crippen molar-refractivity contribution in [2.24, 2.45) is 5.73 Å². The first-order valence-corrected chi connectivity index (χ1v) is 5.11. The Bertz CT molecular complexity index is 452. The van der Waals surface area contributed by atoms with Gasteiger partial charge in [-0.1, -0.05) is 22.9 Å². The topological polar surface area (TPSA) is 61.3 Å². The Kier molecular flexibility index (Phi) is 3.22. The Morgan fingerprint density at radius 1 is 1.38 bits per heavy atom. The summed E-state index contributed by atoms with van der Waals surface area (Å²) in [5.74, 6) is 1.49. The summed E-state index contributed by atoms with van der Waals surface area (Å²) in [6, 6.07) is 7.72. The van der Waals surface area contributed by atoms with Crippen LogP contribution in [0.5, 0.6) is 5.75 Å². The first-order chi connectivity index (χ1) is 7.79. The largest absolute Gasteiger partial charge is 0.485 e. The second kappa shape index (κ2) is 4.81. The second-order valence-electron chi connectivity index (χ2n) is 3.58. The molecule has 1 aromatic heterocycles. The fraction of sp³-hybridized carbons (Fsp3) is 0.250. The number of hydrogen-bond donors (Lipinski definition) is 1. The molecule has 2 N–H and O–H groups in total. The van der Waals surface area contributed by atoms with Gasteiger partial charge in [0.05, 0.1) is 6.20 Å². The normalized spacial score (nSPS) is 10.4. The summed E-state index contributed by atoms with van der Waals surface area (Å²) < 4.78 is 10.6. The van der Waals surface area contributed by atoms with Crippen molar-refractivity contribution in [1.29, 1.82) is 0 Å². The molecule has 0 radical (unpaired) electrons. The Morgan fingerprint density at radius 3 is 2.94 bits per heavy atom. The summed E-state index contributed by atoms with van der Waals surface area (Å²) in [7, 11) is 0. The number of aromatic nitrogens is 1. The summed E-state index contributed by atoms with van der Waals surface area (Å²) in [4.78, 5) is 0. The van der Waals surface area contributed by atoms with Gasteiger partial charge < -0.3 is 15.0 Å². The van der Waals surface area contributed by atoms with Crippen LogP contribution in [0.3, 0.4) is 0 Å². The molecule has 16 heavy (non-hydrogen) atoms. The summed E-state index contributed by atoms with van der Waals surface area (Å²) >= 11 is 0. The summed E-state index contributed by atoms with van der Waals surface area (Å²) in [5.41, 5.74) is 7.83. The minimum atomic E-state index is 0.371. The molecular formula is C12H14N2O2. The summed E-state index contributed by atoms with van der Waals surface area (Å²) in [6.45, 7) is 2.86. The molecule has 4 nitrogen and oxygen atoms in total. The lowest BCUT2D eigenvalue weighted by atomic mass is 10.1. The summed E-state index contributed by atoms with van der Waals surface area (Å²) in [5, 5.41) is 3.61. The molecule has 0 saturated carbocycles. The van der Waals surface area contributed by atoms with E-state index in [0.717, 1.165) is 11.3 Å². The Morgan fingerprint density at radius 2 is 2.25 bits per heavy atom. The van der Waals surface area contributed by atoms with Crippen LogP contribution in [0.4, 0.5) is 0 Å². The first kappa shape index (κ1) is 10.7. The Balaban J connectivity index is 2.09. The highest BCUT2D eigenvalue weighted by atomic mass is 16.5. The Labute approximate surface area is 94.0 Å². The van der Waals surface area contributed by atoms with Gasteiger partial charge in [-0.2, -0.15) is 0 Å². The van der Waals surface area contributed by atoms with Gasteiger partial charge in [0.25, 0.3) is 0 Å². The van der Waals surface area contributed by atoms with E-state index in [1.54, 1.807) is 12.3 Å². The average Bonchev–Trinajstić information content (AvgIpc) is 2.80. The molecule has 0 fully saturated rings. The van der Waals surface area contributed by atoms with E-state index in [9.17, 15) is 0 Å². The van der Waals surface area contributed by atoms with Crippen molar-refractivity contribution in [3.05, 3.63) is 47.3 Å². The highest BCUT2D eigenvalue weighted by molar-refractivity contribution is 5.36. The quantitative estimate of drug-likeness (QED) is 0.852. The number of aryl methyl sites for hydroxylation is 1. The molecule has 0 amide bonds. The third kappa shape index (κ3) is 2.41. The van der Waals surface area contributed by atoms with Gasteiger partial charge in [-0.05, 0) is 13.0 Å². The number of hydrogen-bond acceptors (Lipinski definition) is 4. The highest BCUT2D eigenvalue weighted by Gasteiger charge is 2.04. The lowest BCUT2D eigenvalue weighted by Crippen LogP contribution is -2.02. The van der Waals surface area contributed by atoms with Crippen LogP contribution in [0, 0.1) is 6.92 Å². The molecule has 0 aliphatic carbocycles. The minimum Gasteiger partial charge on any atom is -0.485 e. The predicted octanol–water partition coefficient (Wildman–Crippen LogP) is 2.02. The van der Waals surface area contributed by atoms with Crippen LogP contribution in [-0.2, 0) is 13.2 Å². The van der Waals surface area contributed by atoms with Crippen LogP contribution in [-0.4, -0.2) is 5.16 Å². The molecule has 0 spiro atoms. The zero-order valence-corrected chi connectivity index (χ0v) is 9.14.